The summed E-state index contributed by atoms with van der Waals surface area (Å²) < 4.78 is 35.2. The van der Waals surface area contributed by atoms with Crippen molar-refractivity contribution in [2.75, 3.05) is 38.2 Å². The highest BCUT2D eigenvalue weighted by atomic mass is 19.3. The van der Waals surface area contributed by atoms with E-state index in [-0.39, 0.29) is 6.42 Å². The second-order valence-electron chi connectivity index (χ2n) is 7.68. The van der Waals surface area contributed by atoms with Crippen LogP contribution in [0.5, 0.6) is 5.75 Å². The van der Waals surface area contributed by atoms with Gasteiger partial charge in [0, 0.05) is 45.3 Å². The number of pyridine rings is 1. The molecule has 0 bridgehead atoms. The fourth-order valence-corrected chi connectivity index (χ4v) is 4.37. The number of piperidine rings is 1. The van der Waals surface area contributed by atoms with E-state index >= 15 is 0 Å². The second kappa shape index (κ2) is 7.08. The SMILES string of the molecule is COc1ccc(CN2CCC(F)(F)[C@@]3(CCN(c4cccnc4)C3)C2)cc1. The van der Waals surface area contributed by atoms with E-state index in [1.807, 2.05) is 36.4 Å². The zero-order chi connectivity index (χ0) is 18.9. The Morgan fingerprint density at radius 2 is 1.89 bits per heavy atom. The largest absolute Gasteiger partial charge is 0.497 e. The van der Waals surface area contributed by atoms with E-state index in [1.165, 1.54) is 0 Å². The average Bonchev–Trinajstić information content (AvgIpc) is 3.12. The molecule has 1 aromatic carbocycles. The third kappa shape index (κ3) is 3.50. The van der Waals surface area contributed by atoms with Gasteiger partial charge in [0.2, 0.25) is 0 Å². The smallest absolute Gasteiger partial charge is 0.257 e. The van der Waals surface area contributed by atoms with Crippen molar-refractivity contribution in [3.05, 3.63) is 54.4 Å². The summed E-state index contributed by atoms with van der Waals surface area (Å²) in [6.45, 7) is 2.56. The van der Waals surface area contributed by atoms with Crippen LogP contribution in [-0.2, 0) is 6.54 Å². The molecule has 0 amide bonds. The average molecular weight is 373 g/mol. The van der Waals surface area contributed by atoms with E-state index in [9.17, 15) is 8.78 Å². The molecule has 6 heteroatoms. The zero-order valence-electron chi connectivity index (χ0n) is 15.6. The number of ether oxygens (including phenoxy) is 1. The van der Waals surface area contributed by atoms with Crippen molar-refractivity contribution in [1.29, 1.82) is 0 Å². The molecule has 2 fully saturated rings. The number of hydrogen-bond donors (Lipinski definition) is 0. The van der Waals surface area contributed by atoms with Gasteiger partial charge in [0.25, 0.3) is 5.92 Å². The lowest BCUT2D eigenvalue weighted by Gasteiger charge is -2.46. The second-order valence-corrected chi connectivity index (χ2v) is 7.68. The molecule has 0 N–H and O–H groups in total. The summed E-state index contributed by atoms with van der Waals surface area (Å²) in [5.74, 6) is -1.83. The van der Waals surface area contributed by atoms with E-state index in [0.717, 1.165) is 17.0 Å². The first kappa shape index (κ1) is 18.2. The summed E-state index contributed by atoms with van der Waals surface area (Å²) in [4.78, 5) is 8.36. The molecule has 4 rings (SSSR count). The quantitative estimate of drug-likeness (QED) is 0.815. The van der Waals surface area contributed by atoms with Crippen LogP contribution in [0, 0.1) is 5.41 Å². The number of nitrogens with zero attached hydrogens (tertiary/aromatic N) is 3. The minimum Gasteiger partial charge on any atom is -0.497 e. The van der Waals surface area contributed by atoms with Crippen LogP contribution < -0.4 is 9.64 Å². The summed E-state index contributed by atoms with van der Waals surface area (Å²) in [5.41, 5.74) is 1.06. The molecule has 2 aromatic rings. The lowest BCUT2D eigenvalue weighted by Crippen LogP contribution is -2.56. The summed E-state index contributed by atoms with van der Waals surface area (Å²) in [6.07, 6.45) is 3.90. The van der Waals surface area contributed by atoms with Crippen molar-refractivity contribution >= 4 is 5.69 Å². The monoisotopic (exact) mass is 373 g/mol. The van der Waals surface area contributed by atoms with Crippen LogP contribution in [0.25, 0.3) is 0 Å². The molecular formula is C21H25F2N3O. The highest BCUT2D eigenvalue weighted by Crippen LogP contribution is 2.50. The van der Waals surface area contributed by atoms with E-state index in [1.54, 1.807) is 19.5 Å². The Kier molecular flexibility index (Phi) is 4.76. The van der Waals surface area contributed by atoms with Crippen LogP contribution in [0.3, 0.4) is 0 Å². The lowest BCUT2D eigenvalue weighted by atomic mass is 9.75. The van der Waals surface area contributed by atoms with Gasteiger partial charge in [0.1, 0.15) is 5.75 Å². The van der Waals surface area contributed by atoms with E-state index in [0.29, 0.717) is 39.1 Å². The van der Waals surface area contributed by atoms with Crippen LogP contribution in [0.2, 0.25) is 0 Å². The van der Waals surface area contributed by atoms with Crippen LogP contribution in [0.1, 0.15) is 18.4 Å². The number of halogens is 2. The fraction of sp³-hybridized carbons (Fsp3) is 0.476. The molecule has 3 heterocycles. The highest BCUT2D eigenvalue weighted by molar-refractivity contribution is 5.45. The van der Waals surface area contributed by atoms with Gasteiger partial charge in [0.05, 0.1) is 24.4 Å². The molecule has 27 heavy (non-hydrogen) atoms. The maximum absolute atomic E-state index is 15.0. The van der Waals surface area contributed by atoms with Gasteiger partial charge >= 0.3 is 0 Å². The third-order valence-electron chi connectivity index (χ3n) is 5.97. The van der Waals surface area contributed by atoms with Gasteiger partial charge in [-0.05, 0) is 36.2 Å². The molecule has 2 aliphatic rings. The number of hydrogen-bond acceptors (Lipinski definition) is 4. The molecule has 4 nitrogen and oxygen atoms in total. The maximum atomic E-state index is 15.0. The first-order chi connectivity index (χ1) is 13.0. The molecule has 0 unspecified atom stereocenters. The molecule has 1 atom stereocenters. The van der Waals surface area contributed by atoms with Crippen LogP contribution in [-0.4, -0.2) is 49.1 Å². The van der Waals surface area contributed by atoms with Crippen molar-refractivity contribution in [2.24, 2.45) is 5.41 Å². The van der Waals surface area contributed by atoms with Gasteiger partial charge in [-0.15, -0.1) is 0 Å². The predicted molar refractivity (Wildman–Crippen MR) is 101 cm³/mol. The molecule has 0 aliphatic carbocycles. The predicted octanol–water partition coefficient (Wildman–Crippen LogP) is 3.83. The third-order valence-corrected chi connectivity index (χ3v) is 5.97. The fourth-order valence-electron chi connectivity index (χ4n) is 4.37. The van der Waals surface area contributed by atoms with E-state index in [4.69, 9.17) is 4.74 Å². The lowest BCUT2D eigenvalue weighted by molar-refractivity contribution is -0.158. The van der Waals surface area contributed by atoms with Crippen molar-refractivity contribution < 1.29 is 13.5 Å². The van der Waals surface area contributed by atoms with Gasteiger partial charge in [-0.25, -0.2) is 8.78 Å². The summed E-state index contributed by atoms with van der Waals surface area (Å²) >= 11 is 0. The van der Waals surface area contributed by atoms with Gasteiger partial charge < -0.3 is 9.64 Å². The number of anilines is 1. The highest BCUT2D eigenvalue weighted by Gasteiger charge is 2.59. The minimum absolute atomic E-state index is 0.0793. The summed E-state index contributed by atoms with van der Waals surface area (Å²) in [7, 11) is 1.64. The Morgan fingerprint density at radius 3 is 2.59 bits per heavy atom. The Balaban J connectivity index is 1.49. The van der Waals surface area contributed by atoms with Crippen LogP contribution in [0.4, 0.5) is 14.5 Å². The van der Waals surface area contributed by atoms with Gasteiger partial charge in [-0.3, -0.25) is 9.88 Å². The number of methoxy groups -OCH3 is 1. The molecule has 1 spiro atoms. The van der Waals surface area contributed by atoms with Gasteiger partial charge in [0.15, 0.2) is 0 Å². The summed E-state index contributed by atoms with van der Waals surface area (Å²) in [5, 5.41) is 0. The van der Waals surface area contributed by atoms with Crippen molar-refractivity contribution in [2.45, 2.75) is 25.3 Å². The minimum atomic E-state index is -2.64. The van der Waals surface area contributed by atoms with E-state index < -0.39 is 11.3 Å². The van der Waals surface area contributed by atoms with Crippen molar-refractivity contribution in [3.63, 3.8) is 0 Å². The number of rotatable bonds is 4. The van der Waals surface area contributed by atoms with Crippen molar-refractivity contribution in [1.82, 2.24) is 9.88 Å². The van der Waals surface area contributed by atoms with Crippen LogP contribution >= 0.6 is 0 Å². The molecule has 144 valence electrons. The molecule has 2 aliphatic heterocycles. The molecule has 0 saturated carbocycles. The Hall–Kier alpha value is -2.21. The van der Waals surface area contributed by atoms with Crippen LogP contribution in [0.15, 0.2) is 48.8 Å². The molecule has 0 radical (unpaired) electrons. The number of benzene rings is 1. The van der Waals surface area contributed by atoms with Gasteiger partial charge in [-0.2, -0.15) is 0 Å². The standard InChI is InChI=1S/C21H25F2N3O/c1-27-19-6-4-17(5-7-19)14-25-11-9-21(22,23)20(15-25)8-12-26(16-20)18-3-2-10-24-13-18/h2-7,10,13H,8-9,11-12,14-16H2,1H3/t20-/m0/s1. The number of likely N-dealkylation sites (tertiary alicyclic amines) is 1. The Bertz CT molecular complexity index is 769. The first-order valence-electron chi connectivity index (χ1n) is 9.39. The zero-order valence-corrected chi connectivity index (χ0v) is 15.6. The van der Waals surface area contributed by atoms with Crippen molar-refractivity contribution in [3.8, 4) is 5.75 Å². The normalized spacial score (nSPS) is 25.1. The van der Waals surface area contributed by atoms with E-state index in [2.05, 4.69) is 14.8 Å². The Morgan fingerprint density at radius 1 is 1.07 bits per heavy atom. The first-order valence-corrected chi connectivity index (χ1v) is 9.39. The summed E-state index contributed by atoms with van der Waals surface area (Å²) in [6, 6.07) is 11.7. The maximum Gasteiger partial charge on any atom is 0.257 e. The van der Waals surface area contributed by atoms with Gasteiger partial charge in [-0.1, -0.05) is 12.1 Å². The molecular weight excluding hydrogens is 348 g/mol. The molecule has 1 aromatic heterocycles. The number of aromatic nitrogens is 1. The Labute approximate surface area is 158 Å². The molecule has 2 saturated heterocycles. The topological polar surface area (TPSA) is 28.6 Å². The number of alkyl halides is 2.